The van der Waals surface area contributed by atoms with E-state index in [-0.39, 0.29) is 11.3 Å². The lowest BCUT2D eigenvalue weighted by Gasteiger charge is -2.18. The number of imide groups is 1. The van der Waals surface area contributed by atoms with Crippen LogP contribution in [0.2, 0.25) is 10.0 Å². The zero-order valence-corrected chi connectivity index (χ0v) is 17.9. The Labute approximate surface area is 184 Å². The molecule has 1 aliphatic rings. The molecule has 0 aliphatic carbocycles. The van der Waals surface area contributed by atoms with Gasteiger partial charge in [0, 0.05) is 15.7 Å². The van der Waals surface area contributed by atoms with Crippen LogP contribution < -0.4 is 10.2 Å². The van der Waals surface area contributed by atoms with Gasteiger partial charge < -0.3 is 5.32 Å². The molecule has 0 saturated carbocycles. The second kappa shape index (κ2) is 7.98. The van der Waals surface area contributed by atoms with Gasteiger partial charge in [0.15, 0.2) is 0 Å². The highest BCUT2D eigenvalue weighted by Crippen LogP contribution is 2.37. The van der Waals surface area contributed by atoms with Gasteiger partial charge in [-0.1, -0.05) is 53.5 Å². The Kier molecular flexibility index (Phi) is 5.37. The molecule has 1 heterocycles. The third-order valence-electron chi connectivity index (χ3n) is 4.98. The van der Waals surface area contributed by atoms with Crippen LogP contribution in [0.3, 0.4) is 0 Å². The van der Waals surface area contributed by atoms with Crippen LogP contribution in [-0.4, -0.2) is 11.8 Å². The van der Waals surface area contributed by atoms with Gasteiger partial charge in [0.05, 0.1) is 11.3 Å². The number of aryl methyl sites for hydroxylation is 1. The highest BCUT2D eigenvalue weighted by molar-refractivity contribution is 6.46. The first-order valence-electron chi connectivity index (χ1n) is 9.34. The van der Waals surface area contributed by atoms with E-state index in [2.05, 4.69) is 5.32 Å². The first-order chi connectivity index (χ1) is 14.4. The molecule has 150 valence electrons. The number of amides is 2. The molecule has 1 N–H and O–H groups in total. The van der Waals surface area contributed by atoms with Gasteiger partial charge in [-0.05, 0) is 66.9 Å². The summed E-state index contributed by atoms with van der Waals surface area (Å²) >= 11 is 12.3. The minimum atomic E-state index is -0.433. The number of hydrogen-bond acceptors (Lipinski definition) is 3. The Morgan fingerprint density at radius 1 is 0.833 bits per heavy atom. The number of nitrogens with zero attached hydrogens (tertiary/aromatic N) is 1. The molecule has 0 radical (unpaired) electrons. The molecule has 0 unspecified atom stereocenters. The Morgan fingerprint density at radius 3 is 2.23 bits per heavy atom. The Hall–Kier alpha value is -3.08. The molecule has 2 amide bonds. The number of carbonyl (C=O) groups is 2. The van der Waals surface area contributed by atoms with Crippen LogP contribution in [0.1, 0.15) is 16.7 Å². The number of rotatable bonds is 4. The molecule has 4 nitrogen and oxygen atoms in total. The van der Waals surface area contributed by atoms with Gasteiger partial charge in [-0.15, -0.1) is 0 Å². The van der Waals surface area contributed by atoms with Crippen molar-refractivity contribution in [1.29, 1.82) is 0 Å². The van der Waals surface area contributed by atoms with Crippen molar-refractivity contribution in [2.75, 3.05) is 10.2 Å². The lowest BCUT2D eigenvalue weighted by atomic mass is 10.0. The maximum Gasteiger partial charge on any atom is 0.282 e. The van der Waals surface area contributed by atoms with Gasteiger partial charge in [-0.25, -0.2) is 4.90 Å². The molecule has 0 fully saturated rings. The quantitative estimate of drug-likeness (QED) is 0.509. The van der Waals surface area contributed by atoms with E-state index in [1.807, 2.05) is 31.2 Å². The number of carbonyl (C=O) groups excluding carboxylic acids is 2. The Morgan fingerprint density at radius 2 is 1.53 bits per heavy atom. The van der Waals surface area contributed by atoms with E-state index in [4.69, 9.17) is 23.2 Å². The van der Waals surface area contributed by atoms with E-state index in [9.17, 15) is 9.59 Å². The normalized spacial score (nSPS) is 13.9. The van der Waals surface area contributed by atoms with Crippen LogP contribution in [0, 0.1) is 13.8 Å². The maximum atomic E-state index is 13.5. The van der Waals surface area contributed by atoms with E-state index in [0.717, 1.165) is 11.3 Å². The SMILES string of the molecule is Cc1cccc(NC2=C(c3ccc(Cl)cc3)C(=O)N(c3cccc(Cl)c3C)C2=O)c1. The summed E-state index contributed by atoms with van der Waals surface area (Å²) in [5.41, 5.74) is 3.99. The third-order valence-corrected chi connectivity index (χ3v) is 5.65. The van der Waals surface area contributed by atoms with Crippen molar-refractivity contribution >= 4 is 52.0 Å². The van der Waals surface area contributed by atoms with Gasteiger partial charge in [0.2, 0.25) is 0 Å². The zero-order valence-electron chi connectivity index (χ0n) is 16.4. The summed E-state index contributed by atoms with van der Waals surface area (Å²) in [6.07, 6.45) is 0. The average Bonchev–Trinajstić information content (AvgIpc) is 2.95. The molecule has 0 bridgehead atoms. The number of benzene rings is 3. The third kappa shape index (κ3) is 3.60. The average molecular weight is 437 g/mol. The zero-order chi connectivity index (χ0) is 21.4. The molecule has 0 atom stereocenters. The molecule has 0 aromatic heterocycles. The standard InChI is InChI=1S/C24H18Cl2N2O2/c1-14-5-3-6-18(13-14)27-22-21(16-9-11-17(25)12-10-16)23(29)28(24(22)30)20-8-4-7-19(26)15(20)2/h3-13,27H,1-2H3. The Balaban J connectivity index is 1.86. The maximum absolute atomic E-state index is 13.5. The van der Waals surface area contributed by atoms with Gasteiger partial charge in [0.25, 0.3) is 11.8 Å². The molecule has 6 heteroatoms. The van der Waals surface area contributed by atoms with Crippen molar-refractivity contribution in [3.8, 4) is 0 Å². The van der Waals surface area contributed by atoms with Crippen molar-refractivity contribution in [3.63, 3.8) is 0 Å². The van der Waals surface area contributed by atoms with Crippen molar-refractivity contribution < 1.29 is 9.59 Å². The molecular weight excluding hydrogens is 419 g/mol. The fourth-order valence-corrected chi connectivity index (χ4v) is 3.75. The Bertz CT molecular complexity index is 1200. The van der Waals surface area contributed by atoms with Crippen LogP contribution in [0.25, 0.3) is 5.57 Å². The lowest BCUT2D eigenvalue weighted by molar-refractivity contribution is -0.120. The van der Waals surface area contributed by atoms with Crippen LogP contribution in [0.15, 0.2) is 72.4 Å². The van der Waals surface area contributed by atoms with Gasteiger partial charge in [0.1, 0.15) is 5.70 Å². The van der Waals surface area contributed by atoms with Crippen LogP contribution in [-0.2, 0) is 9.59 Å². The highest BCUT2D eigenvalue weighted by atomic mass is 35.5. The van der Waals surface area contributed by atoms with Crippen molar-refractivity contribution in [2.45, 2.75) is 13.8 Å². The summed E-state index contributed by atoms with van der Waals surface area (Å²) in [7, 11) is 0. The summed E-state index contributed by atoms with van der Waals surface area (Å²) < 4.78 is 0. The van der Waals surface area contributed by atoms with Crippen LogP contribution >= 0.6 is 23.2 Å². The van der Waals surface area contributed by atoms with Gasteiger partial charge >= 0.3 is 0 Å². The summed E-state index contributed by atoms with van der Waals surface area (Å²) in [6, 6.07) is 19.6. The monoisotopic (exact) mass is 436 g/mol. The molecule has 30 heavy (non-hydrogen) atoms. The highest BCUT2D eigenvalue weighted by Gasteiger charge is 2.41. The molecule has 3 aromatic carbocycles. The fraction of sp³-hybridized carbons (Fsp3) is 0.0833. The minimum Gasteiger partial charge on any atom is -0.350 e. The molecule has 0 spiro atoms. The molecule has 3 aromatic rings. The van der Waals surface area contributed by atoms with E-state index in [1.165, 1.54) is 4.90 Å². The van der Waals surface area contributed by atoms with Crippen molar-refractivity contribution in [1.82, 2.24) is 0 Å². The van der Waals surface area contributed by atoms with E-state index in [0.29, 0.717) is 26.9 Å². The van der Waals surface area contributed by atoms with Crippen LogP contribution in [0.5, 0.6) is 0 Å². The van der Waals surface area contributed by atoms with Gasteiger partial charge in [-0.3, -0.25) is 9.59 Å². The summed E-state index contributed by atoms with van der Waals surface area (Å²) in [6.45, 7) is 3.75. The lowest BCUT2D eigenvalue weighted by Crippen LogP contribution is -2.33. The van der Waals surface area contributed by atoms with E-state index >= 15 is 0 Å². The van der Waals surface area contributed by atoms with Crippen LogP contribution in [0.4, 0.5) is 11.4 Å². The second-order valence-corrected chi connectivity index (χ2v) is 7.92. The summed E-state index contributed by atoms with van der Waals surface area (Å²) in [4.78, 5) is 28.1. The summed E-state index contributed by atoms with van der Waals surface area (Å²) in [5.74, 6) is -0.848. The number of hydrogen-bond donors (Lipinski definition) is 1. The molecule has 4 rings (SSSR count). The molecule has 1 aliphatic heterocycles. The fourth-order valence-electron chi connectivity index (χ4n) is 3.45. The van der Waals surface area contributed by atoms with Crippen molar-refractivity contribution in [2.24, 2.45) is 0 Å². The number of halogens is 2. The van der Waals surface area contributed by atoms with E-state index in [1.54, 1.807) is 49.4 Å². The predicted octanol–water partition coefficient (Wildman–Crippen LogP) is 6.01. The topological polar surface area (TPSA) is 49.4 Å². The smallest absolute Gasteiger partial charge is 0.282 e. The predicted molar refractivity (Wildman–Crippen MR) is 122 cm³/mol. The first kappa shape index (κ1) is 20.2. The largest absolute Gasteiger partial charge is 0.350 e. The summed E-state index contributed by atoms with van der Waals surface area (Å²) in [5, 5.41) is 4.20. The van der Waals surface area contributed by atoms with E-state index < -0.39 is 11.8 Å². The number of anilines is 2. The first-order valence-corrected chi connectivity index (χ1v) is 10.1. The minimum absolute atomic E-state index is 0.215. The second-order valence-electron chi connectivity index (χ2n) is 7.08. The molecular formula is C24H18Cl2N2O2. The van der Waals surface area contributed by atoms with Crippen molar-refractivity contribution in [3.05, 3.63) is 99.2 Å². The molecule has 0 saturated heterocycles. The van der Waals surface area contributed by atoms with Gasteiger partial charge in [-0.2, -0.15) is 0 Å². The number of nitrogens with one attached hydrogen (secondary N) is 1.